The van der Waals surface area contributed by atoms with Crippen molar-refractivity contribution in [3.8, 4) is 0 Å². The summed E-state index contributed by atoms with van der Waals surface area (Å²) < 4.78 is 5.63. The van der Waals surface area contributed by atoms with Crippen molar-refractivity contribution in [2.24, 2.45) is 46.3 Å². The van der Waals surface area contributed by atoms with Crippen LogP contribution < -0.4 is 0 Å². The van der Waals surface area contributed by atoms with Crippen molar-refractivity contribution in [2.45, 2.75) is 129 Å². The third-order valence-electron chi connectivity index (χ3n) is 12.0. The van der Waals surface area contributed by atoms with Gasteiger partial charge in [-0.25, -0.2) is 0 Å². The Morgan fingerprint density at radius 1 is 1.06 bits per heavy atom. The number of ether oxygens (including phenoxy) is 1. The maximum atomic E-state index is 12.5. The van der Waals surface area contributed by atoms with E-state index in [0.29, 0.717) is 54.8 Å². The highest BCUT2D eigenvalue weighted by molar-refractivity contribution is 5.80. The average Bonchev–Trinajstić information content (AvgIpc) is 3.17. The SMILES string of the molecule is CC(CCC(=O)OC1CCCC(=O)C1)C1CCC2C3C(O)CC4CCCCC4(C)C3CC(O)C12C. The van der Waals surface area contributed by atoms with E-state index in [1.54, 1.807) is 0 Å². The molecule has 11 unspecified atom stereocenters. The number of ketones is 1. The van der Waals surface area contributed by atoms with Gasteiger partial charge in [0.05, 0.1) is 12.2 Å². The Morgan fingerprint density at radius 2 is 1.86 bits per heavy atom. The molecule has 2 N–H and O–H groups in total. The molecule has 0 heterocycles. The van der Waals surface area contributed by atoms with E-state index in [1.807, 2.05) is 0 Å². The minimum absolute atomic E-state index is 0.181. The minimum Gasteiger partial charge on any atom is -0.462 e. The van der Waals surface area contributed by atoms with Crippen LogP contribution in [0.15, 0.2) is 0 Å². The Kier molecular flexibility index (Phi) is 7.15. The summed E-state index contributed by atoms with van der Waals surface area (Å²) in [6.45, 7) is 7.00. The Balaban J connectivity index is 1.25. The molecule has 5 aliphatic rings. The predicted molar refractivity (Wildman–Crippen MR) is 134 cm³/mol. The number of carbonyl (C=O) groups excluding carboxylic acids is 2. The predicted octanol–water partition coefficient (Wildman–Crippen LogP) is 5.45. The van der Waals surface area contributed by atoms with Crippen molar-refractivity contribution < 1.29 is 24.5 Å². The van der Waals surface area contributed by atoms with Gasteiger partial charge in [0.15, 0.2) is 0 Å². The first-order valence-corrected chi connectivity index (χ1v) is 14.7. The smallest absolute Gasteiger partial charge is 0.306 e. The minimum atomic E-state index is -0.339. The van der Waals surface area contributed by atoms with Crippen molar-refractivity contribution in [3.05, 3.63) is 0 Å². The quantitative estimate of drug-likeness (QED) is 0.503. The number of hydrogen-bond acceptors (Lipinski definition) is 5. The van der Waals surface area contributed by atoms with E-state index in [2.05, 4.69) is 20.8 Å². The van der Waals surface area contributed by atoms with Crippen molar-refractivity contribution >= 4 is 11.8 Å². The zero-order chi connectivity index (χ0) is 25.0. The molecule has 5 saturated carbocycles. The van der Waals surface area contributed by atoms with E-state index in [9.17, 15) is 19.8 Å². The van der Waals surface area contributed by atoms with Crippen molar-refractivity contribution in [3.63, 3.8) is 0 Å². The summed E-state index contributed by atoms with van der Waals surface area (Å²) in [5, 5.41) is 23.1. The highest BCUT2D eigenvalue weighted by Crippen LogP contribution is 2.68. The number of fused-ring (bicyclic) bond motifs is 5. The number of esters is 1. The third-order valence-corrected chi connectivity index (χ3v) is 12.0. The molecule has 0 aliphatic heterocycles. The Bertz CT molecular complexity index is 811. The molecule has 0 bridgehead atoms. The summed E-state index contributed by atoms with van der Waals surface area (Å²) in [6, 6.07) is 0. The van der Waals surface area contributed by atoms with E-state index < -0.39 is 0 Å². The van der Waals surface area contributed by atoms with E-state index in [-0.39, 0.29) is 40.9 Å². The van der Waals surface area contributed by atoms with Gasteiger partial charge in [-0.2, -0.15) is 0 Å². The number of Topliss-reactive ketones (excluding diaryl/α,β-unsaturated/α-hetero) is 1. The molecule has 11 atom stereocenters. The van der Waals surface area contributed by atoms with E-state index in [1.165, 1.54) is 25.7 Å². The molecule has 0 aromatic heterocycles. The molecular formula is C30H48O5. The van der Waals surface area contributed by atoms with Gasteiger partial charge in [-0.3, -0.25) is 9.59 Å². The summed E-state index contributed by atoms with van der Waals surface area (Å²) >= 11 is 0. The molecule has 0 saturated heterocycles. The molecule has 0 aromatic carbocycles. The molecule has 0 amide bonds. The highest BCUT2D eigenvalue weighted by Gasteiger charge is 2.65. The average molecular weight is 489 g/mol. The van der Waals surface area contributed by atoms with Gasteiger partial charge in [0.25, 0.3) is 0 Å². The van der Waals surface area contributed by atoms with E-state index in [4.69, 9.17) is 4.74 Å². The van der Waals surface area contributed by atoms with E-state index in [0.717, 1.165) is 44.9 Å². The lowest BCUT2D eigenvalue weighted by molar-refractivity contribution is -0.201. The second kappa shape index (κ2) is 9.74. The number of aliphatic hydroxyl groups is 2. The molecular weight excluding hydrogens is 440 g/mol. The van der Waals surface area contributed by atoms with Gasteiger partial charge >= 0.3 is 5.97 Å². The van der Waals surface area contributed by atoms with Crippen LogP contribution in [0.1, 0.15) is 111 Å². The van der Waals surface area contributed by atoms with Crippen LogP contribution in [0.4, 0.5) is 0 Å². The van der Waals surface area contributed by atoms with Gasteiger partial charge in [0.1, 0.15) is 11.9 Å². The van der Waals surface area contributed by atoms with Gasteiger partial charge in [0, 0.05) is 19.3 Å². The van der Waals surface area contributed by atoms with E-state index >= 15 is 0 Å². The van der Waals surface area contributed by atoms with Crippen LogP contribution in [0.3, 0.4) is 0 Å². The molecule has 198 valence electrons. The van der Waals surface area contributed by atoms with Gasteiger partial charge < -0.3 is 14.9 Å². The molecule has 5 rings (SSSR count). The highest BCUT2D eigenvalue weighted by atomic mass is 16.5. The van der Waals surface area contributed by atoms with Gasteiger partial charge in [-0.05, 0) is 104 Å². The second-order valence-electron chi connectivity index (χ2n) is 13.6. The van der Waals surface area contributed by atoms with Gasteiger partial charge in [-0.15, -0.1) is 0 Å². The van der Waals surface area contributed by atoms with Crippen LogP contribution in [-0.2, 0) is 14.3 Å². The molecule has 0 spiro atoms. The van der Waals surface area contributed by atoms with Crippen LogP contribution in [0.5, 0.6) is 0 Å². The fraction of sp³-hybridized carbons (Fsp3) is 0.933. The summed E-state index contributed by atoms with van der Waals surface area (Å²) in [5.74, 6) is 2.38. The topological polar surface area (TPSA) is 83.8 Å². The van der Waals surface area contributed by atoms with Crippen LogP contribution in [0, 0.1) is 46.3 Å². The number of hydrogen-bond donors (Lipinski definition) is 2. The number of aliphatic hydroxyl groups excluding tert-OH is 2. The van der Waals surface area contributed by atoms with Crippen LogP contribution in [0.2, 0.25) is 0 Å². The Hall–Kier alpha value is -0.940. The molecule has 0 radical (unpaired) electrons. The number of carbonyl (C=O) groups is 2. The van der Waals surface area contributed by atoms with Crippen molar-refractivity contribution in [2.75, 3.05) is 0 Å². The summed E-state index contributed by atoms with van der Waals surface area (Å²) in [5.41, 5.74) is 0.0670. The van der Waals surface area contributed by atoms with Crippen LogP contribution in [0.25, 0.3) is 0 Å². The standard InChI is InChI=1S/C30H48O5/c1-18(10-13-27(34)35-21-9-6-8-20(31)16-21)22-11-12-23-28-24(17-26(33)30(22,23)3)29(2)14-5-4-7-19(29)15-25(28)32/h18-19,21-26,28,32-33H,4-17H2,1-3H3. The fourth-order valence-electron chi connectivity index (χ4n) is 10.1. The summed E-state index contributed by atoms with van der Waals surface area (Å²) in [4.78, 5) is 24.2. The van der Waals surface area contributed by atoms with Gasteiger partial charge in [-0.1, -0.05) is 33.6 Å². The summed E-state index contributed by atoms with van der Waals surface area (Å²) in [7, 11) is 0. The first kappa shape index (κ1) is 25.7. The van der Waals surface area contributed by atoms with Crippen LogP contribution >= 0.6 is 0 Å². The normalized spacial score (nSPS) is 48.4. The Labute approximate surface area is 211 Å². The second-order valence-corrected chi connectivity index (χ2v) is 13.6. The fourth-order valence-corrected chi connectivity index (χ4v) is 10.1. The lowest BCUT2D eigenvalue weighted by Gasteiger charge is -2.63. The molecule has 35 heavy (non-hydrogen) atoms. The third kappa shape index (κ3) is 4.41. The summed E-state index contributed by atoms with van der Waals surface area (Å²) in [6.07, 6.45) is 11.9. The van der Waals surface area contributed by atoms with Crippen molar-refractivity contribution in [1.82, 2.24) is 0 Å². The molecule has 5 aliphatic carbocycles. The Morgan fingerprint density at radius 3 is 2.63 bits per heavy atom. The largest absolute Gasteiger partial charge is 0.462 e. The molecule has 5 heteroatoms. The zero-order valence-electron chi connectivity index (χ0n) is 22.2. The number of rotatable bonds is 5. The maximum Gasteiger partial charge on any atom is 0.306 e. The van der Waals surface area contributed by atoms with Crippen molar-refractivity contribution in [1.29, 1.82) is 0 Å². The molecule has 0 aromatic rings. The molecule has 5 nitrogen and oxygen atoms in total. The lowest BCUT2D eigenvalue weighted by Crippen LogP contribution is -2.61. The van der Waals surface area contributed by atoms with Gasteiger partial charge in [0.2, 0.25) is 0 Å². The first-order valence-electron chi connectivity index (χ1n) is 14.7. The monoisotopic (exact) mass is 488 g/mol. The zero-order valence-corrected chi connectivity index (χ0v) is 22.2. The lowest BCUT2D eigenvalue weighted by atomic mass is 9.43. The maximum absolute atomic E-state index is 12.5. The first-order chi connectivity index (χ1) is 16.6. The molecule has 5 fully saturated rings. The van der Waals surface area contributed by atoms with Crippen LogP contribution in [-0.4, -0.2) is 40.3 Å².